The Morgan fingerprint density at radius 3 is 2.61 bits per heavy atom. The second kappa shape index (κ2) is 7.71. The minimum Gasteiger partial charge on any atom is -0.465 e. The summed E-state index contributed by atoms with van der Waals surface area (Å²) in [5, 5.41) is 2.18. The van der Waals surface area contributed by atoms with Gasteiger partial charge in [0, 0.05) is 18.7 Å². The van der Waals surface area contributed by atoms with Gasteiger partial charge < -0.3 is 15.0 Å². The van der Waals surface area contributed by atoms with Crippen LogP contribution in [0.4, 0.5) is 24.5 Å². The van der Waals surface area contributed by atoms with Crippen molar-refractivity contribution in [3.8, 4) is 0 Å². The Kier molecular flexibility index (Phi) is 5.34. The van der Waals surface area contributed by atoms with Crippen molar-refractivity contribution in [1.29, 1.82) is 0 Å². The molecule has 1 fully saturated rings. The zero-order valence-electron chi connectivity index (χ0n) is 14.7. The quantitative estimate of drug-likeness (QED) is 0.641. The Labute approximate surface area is 157 Å². The molecule has 146 valence electrons. The third kappa shape index (κ3) is 3.68. The lowest BCUT2D eigenvalue weighted by Crippen LogP contribution is -2.28. The summed E-state index contributed by atoms with van der Waals surface area (Å²) in [4.78, 5) is 37.6. The largest absolute Gasteiger partial charge is 0.465 e. The third-order valence-electron chi connectivity index (χ3n) is 4.37. The number of hydrogen-bond acceptors (Lipinski definition) is 4. The van der Waals surface area contributed by atoms with Crippen LogP contribution in [0.2, 0.25) is 0 Å². The smallest absolute Gasteiger partial charge is 0.337 e. The van der Waals surface area contributed by atoms with Crippen LogP contribution in [0, 0.1) is 23.4 Å². The van der Waals surface area contributed by atoms with Gasteiger partial charge in [0.05, 0.1) is 24.3 Å². The number of nitrogens with zero attached hydrogens (tertiary/aromatic N) is 1. The van der Waals surface area contributed by atoms with Crippen LogP contribution in [0.15, 0.2) is 36.4 Å². The van der Waals surface area contributed by atoms with Gasteiger partial charge in [-0.1, -0.05) is 6.07 Å². The van der Waals surface area contributed by atoms with E-state index in [1.807, 2.05) is 0 Å². The maximum Gasteiger partial charge on any atom is 0.337 e. The van der Waals surface area contributed by atoms with Crippen molar-refractivity contribution in [2.24, 2.45) is 5.92 Å². The molecular weight excluding hydrogens is 377 g/mol. The van der Waals surface area contributed by atoms with Gasteiger partial charge in [-0.05, 0) is 30.3 Å². The van der Waals surface area contributed by atoms with E-state index in [0.717, 1.165) is 6.07 Å². The fraction of sp³-hybridized carbons (Fsp3) is 0.211. The second-order valence-electron chi connectivity index (χ2n) is 6.16. The number of esters is 1. The van der Waals surface area contributed by atoms with E-state index in [1.54, 1.807) is 12.1 Å². The normalized spacial score (nSPS) is 16.2. The maximum absolute atomic E-state index is 13.7. The molecule has 0 aromatic heterocycles. The molecule has 1 unspecified atom stereocenters. The molecule has 0 bridgehead atoms. The van der Waals surface area contributed by atoms with Crippen LogP contribution in [-0.2, 0) is 14.3 Å². The SMILES string of the molecule is COC(=O)c1cccc(N2CC(C(=O)Nc3ccc(F)c(F)c3F)CC2=O)c1. The number of rotatable bonds is 4. The molecule has 2 aromatic carbocycles. The predicted molar refractivity (Wildman–Crippen MR) is 93.2 cm³/mol. The summed E-state index contributed by atoms with van der Waals surface area (Å²) >= 11 is 0. The van der Waals surface area contributed by atoms with E-state index in [2.05, 4.69) is 10.1 Å². The van der Waals surface area contributed by atoms with Crippen LogP contribution in [0.1, 0.15) is 16.8 Å². The zero-order chi connectivity index (χ0) is 20.4. The molecule has 9 heteroatoms. The van der Waals surface area contributed by atoms with Crippen LogP contribution < -0.4 is 10.2 Å². The van der Waals surface area contributed by atoms with Gasteiger partial charge >= 0.3 is 5.97 Å². The number of anilines is 2. The average Bonchev–Trinajstić information content (AvgIpc) is 3.09. The molecule has 1 aliphatic rings. The first-order chi connectivity index (χ1) is 13.3. The molecule has 1 saturated heterocycles. The highest BCUT2D eigenvalue weighted by atomic mass is 19.2. The molecule has 0 spiro atoms. The zero-order valence-corrected chi connectivity index (χ0v) is 14.7. The molecule has 28 heavy (non-hydrogen) atoms. The number of hydrogen-bond donors (Lipinski definition) is 1. The highest BCUT2D eigenvalue weighted by Gasteiger charge is 2.35. The van der Waals surface area contributed by atoms with Crippen LogP contribution in [0.25, 0.3) is 0 Å². The summed E-state index contributed by atoms with van der Waals surface area (Å²) in [5.74, 6) is -7.05. The van der Waals surface area contributed by atoms with Gasteiger partial charge in [-0.15, -0.1) is 0 Å². The lowest BCUT2D eigenvalue weighted by atomic mass is 10.1. The molecule has 6 nitrogen and oxygen atoms in total. The molecule has 1 aliphatic heterocycles. The van der Waals surface area contributed by atoms with Gasteiger partial charge in [0.1, 0.15) is 0 Å². The van der Waals surface area contributed by atoms with Gasteiger partial charge in [-0.25, -0.2) is 18.0 Å². The number of halogens is 3. The van der Waals surface area contributed by atoms with Gasteiger partial charge in [0.15, 0.2) is 17.5 Å². The Morgan fingerprint density at radius 2 is 1.89 bits per heavy atom. The molecule has 2 aromatic rings. The van der Waals surface area contributed by atoms with Crippen molar-refractivity contribution in [2.45, 2.75) is 6.42 Å². The summed E-state index contributed by atoms with van der Waals surface area (Å²) in [6.45, 7) is -0.0133. The molecule has 0 aliphatic carbocycles. The van der Waals surface area contributed by atoms with E-state index in [9.17, 15) is 27.6 Å². The predicted octanol–water partition coefficient (Wildman–Crippen LogP) is 2.88. The van der Waals surface area contributed by atoms with Crippen LogP contribution in [0.3, 0.4) is 0 Å². The lowest BCUT2D eigenvalue weighted by molar-refractivity contribution is -0.122. The van der Waals surface area contributed by atoms with Crippen molar-refractivity contribution in [3.05, 3.63) is 59.4 Å². The summed E-state index contributed by atoms with van der Waals surface area (Å²) in [6, 6.07) is 7.74. The fourth-order valence-electron chi connectivity index (χ4n) is 2.91. The number of carbonyl (C=O) groups excluding carboxylic acids is 3. The molecule has 3 rings (SSSR count). The second-order valence-corrected chi connectivity index (χ2v) is 6.16. The summed E-state index contributed by atoms with van der Waals surface area (Å²) in [7, 11) is 1.23. The third-order valence-corrected chi connectivity index (χ3v) is 4.37. The maximum atomic E-state index is 13.7. The van der Waals surface area contributed by atoms with E-state index >= 15 is 0 Å². The van der Waals surface area contributed by atoms with Gasteiger partial charge in [0.2, 0.25) is 11.8 Å². The summed E-state index contributed by atoms with van der Waals surface area (Å²) in [5.41, 5.74) is 0.134. The molecule has 1 heterocycles. The number of nitrogens with one attached hydrogen (secondary N) is 1. The van der Waals surface area contributed by atoms with Gasteiger partial charge in [0.25, 0.3) is 0 Å². The monoisotopic (exact) mass is 392 g/mol. The fourth-order valence-corrected chi connectivity index (χ4v) is 2.91. The van der Waals surface area contributed by atoms with Crippen molar-refractivity contribution in [2.75, 3.05) is 23.9 Å². The first-order valence-electron chi connectivity index (χ1n) is 8.25. The Bertz CT molecular complexity index is 964. The standard InChI is InChI=1S/C19H15F3N2O4/c1-28-19(27)10-3-2-4-12(7-10)24-9-11(8-15(24)25)18(26)23-14-6-5-13(20)16(21)17(14)22/h2-7,11H,8-9H2,1H3,(H,23,26). The first kappa shape index (κ1) is 19.4. The number of carbonyl (C=O) groups is 3. The van der Waals surface area contributed by atoms with Gasteiger partial charge in [-0.3, -0.25) is 9.59 Å². The average molecular weight is 392 g/mol. The molecule has 2 amide bonds. The Morgan fingerprint density at radius 1 is 1.14 bits per heavy atom. The summed E-state index contributed by atoms with van der Waals surface area (Å²) < 4.78 is 44.7. The Balaban J connectivity index is 1.75. The molecule has 1 N–H and O–H groups in total. The first-order valence-corrected chi connectivity index (χ1v) is 8.25. The van der Waals surface area contributed by atoms with Crippen molar-refractivity contribution in [3.63, 3.8) is 0 Å². The highest BCUT2D eigenvalue weighted by Crippen LogP contribution is 2.28. The van der Waals surface area contributed by atoms with E-state index in [1.165, 1.54) is 24.1 Å². The van der Waals surface area contributed by atoms with E-state index in [4.69, 9.17) is 0 Å². The minimum atomic E-state index is -1.69. The molecular formula is C19H15F3N2O4. The van der Waals surface area contributed by atoms with Crippen molar-refractivity contribution in [1.82, 2.24) is 0 Å². The van der Waals surface area contributed by atoms with E-state index in [-0.39, 0.29) is 24.4 Å². The number of amides is 2. The Hall–Kier alpha value is -3.36. The number of benzene rings is 2. The molecule has 0 saturated carbocycles. The highest BCUT2D eigenvalue weighted by molar-refractivity contribution is 6.04. The van der Waals surface area contributed by atoms with Crippen LogP contribution in [0.5, 0.6) is 0 Å². The number of methoxy groups -OCH3 is 1. The lowest BCUT2D eigenvalue weighted by Gasteiger charge is -2.17. The molecule has 1 atom stereocenters. The summed E-state index contributed by atoms with van der Waals surface area (Å²) in [6.07, 6.45) is -0.153. The van der Waals surface area contributed by atoms with E-state index < -0.39 is 40.9 Å². The van der Waals surface area contributed by atoms with Crippen LogP contribution in [-0.4, -0.2) is 31.4 Å². The van der Waals surface area contributed by atoms with Crippen molar-refractivity contribution >= 4 is 29.2 Å². The minimum absolute atomic E-state index is 0.0133. The van der Waals surface area contributed by atoms with Crippen LogP contribution >= 0.6 is 0 Å². The topological polar surface area (TPSA) is 75.7 Å². The van der Waals surface area contributed by atoms with Crippen molar-refractivity contribution < 1.29 is 32.3 Å². The van der Waals surface area contributed by atoms with Gasteiger partial charge in [-0.2, -0.15) is 0 Å². The van der Waals surface area contributed by atoms with E-state index in [0.29, 0.717) is 11.8 Å². The molecule has 0 radical (unpaired) electrons. The number of ether oxygens (including phenoxy) is 1.